The summed E-state index contributed by atoms with van der Waals surface area (Å²) in [5.74, 6) is 0.404. The first-order valence-electron chi connectivity index (χ1n) is 10.1. The maximum Gasteiger partial charge on any atom is 0.269 e. The van der Waals surface area contributed by atoms with Gasteiger partial charge in [0.05, 0.1) is 23.1 Å². The zero-order valence-corrected chi connectivity index (χ0v) is 17.1. The quantitative estimate of drug-likeness (QED) is 0.308. The number of rotatable bonds is 9. The van der Waals surface area contributed by atoms with Crippen molar-refractivity contribution in [1.82, 2.24) is 25.1 Å². The molecule has 0 bridgehead atoms. The number of benzene rings is 2. The molecule has 2 heterocycles. The van der Waals surface area contributed by atoms with E-state index in [1.165, 1.54) is 36.2 Å². The lowest BCUT2D eigenvalue weighted by molar-refractivity contribution is -0.384. The van der Waals surface area contributed by atoms with Gasteiger partial charge >= 0.3 is 0 Å². The Kier molecular flexibility index (Phi) is 6.30. The molecule has 4 rings (SSSR count). The minimum atomic E-state index is -0.503. The third-order valence-corrected chi connectivity index (χ3v) is 4.93. The van der Waals surface area contributed by atoms with Crippen LogP contribution in [0.25, 0.3) is 11.0 Å². The molecule has 4 aromatic rings. The predicted molar refractivity (Wildman–Crippen MR) is 119 cm³/mol. The van der Waals surface area contributed by atoms with Crippen molar-refractivity contribution in [3.8, 4) is 0 Å². The van der Waals surface area contributed by atoms with E-state index >= 15 is 0 Å². The zero-order valence-electron chi connectivity index (χ0n) is 17.1. The minimum absolute atomic E-state index is 0.0579. The number of fused-ring (bicyclic) bond motifs is 1. The van der Waals surface area contributed by atoms with Crippen LogP contribution in [0.15, 0.2) is 67.1 Å². The predicted octanol–water partition coefficient (Wildman–Crippen LogP) is 2.82. The lowest BCUT2D eigenvalue weighted by Crippen LogP contribution is -2.27. The van der Waals surface area contributed by atoms with Crippen LogP contribution < -0.4 is 10.6 Å². The van der Waals surface area contributed by atoms with Crippen molar-refractivity contribution >= 4 is 28.4 Å². The second-order valence-corrected chi connectivity index (χ2v) is 7.05. The summed E-state index contributed by atoms with van der Waals surface area (Å²) in [5, 5.41) is 22.0. The van der Waals surface area contributed by atoms with E-state index in [4.69, 9.17) is 0 Å². The lowest BCUT2D eigenvalue weighted by atomic mass is 10.1. The van der Waals surface area contributed by atoms with Crippen molar-refractivity contribution < 1.29 is 9.72 Å². The van der Waals surface area contributed by atoms with Crippen LogP contribution in [-0.2, 0) is 13.0 Å². The number of carbonyl (C=O) groups excluding carboxylic acids is 1. The number of amides is 1. The van der Waals surface area contributed by atoms with Crippen molar-refractivity contribution in [2.75, 3.05) is 18.4 Å². The molecule has 0 saturated heterocycles. The average molecular weight is 431 g/mol. The highest BCUT2D eigenvalue weighted by Gasteiger charge is 2.11. The van der Waals surface area contributed by atoms with Crippen molar-refractivity contribution in [2.45, 2.75) is 13.0 Å². The minimum Gasteiger partial charge on any atom is -0.369 e. The first-order valence-corrected chi connectivity index (χ1v) is 10.1. The largest absolute Gasteiger partial charge is 0.369 e. The van der Waals surface area contributed by atoms with Gasteiger partial charge in [-0.05, 0) is 24.1 Å². The van der Waals surface area contributed by atoms with Gasteiger partial charge in [0.25, 0.3) is 11.6 Å². The summed E-state index contributed by atoms with van der Waals surface area (Å²) in [6, 6.07) is 15.7. The van der Waals surface area contributed by atoms with Gasteiger partial charge in [-0.25, -0.2) is 14.6 Å². The molecule has 10 heteroatoms. The molecule has 0 unspecified atom stereocenters. The molecule has 0 spiro atoms. The number of nitrogens with zero attached hydrogens (tertiary/aromatic N) is 5. The molecule has 1 amide bonds. The van der Waals surface area contributed by atoms with E-state index in [2.05, 4.69) is 37.8 Å². The fourth-order valence-corrected chi connectivity index (χ4v) is 3.28. The van der Waals surface area contributed by atoms with Crippen LogP contribution in [-0.4, -0.2) is 43.7 Å². The van der Waals surface area contributed by atoms with Gasteiger partial charge < -0.3 is 10.6 Å². The SMILES string of the molecule is O=C(NCCn1ncc2c(NCCc3ccccc3)ncnc21)c1ccc([N+](=O)[O-])cc1. The first kappa shape index (κ1) is 20.9. The highest BCUT2D eigenvalue weighted by atomic mass is 16.6. The summed E-state index contributed by atoms with van der Waals surface area (Å²) < 4.78 is 1.70. The molecule has 0 fully saturated rings. The maximum absolute atomic E-state index is 12.3. The fraction of sp³-hybridized carbons (Fsp3) is 0.182. The number of nitro benzene ring substituents is 1. The topological polar surface area (TPSA) is 128 Å². The fourth-order valence-electron chi connectivity index (χ4n) is 3.28. The van der Waals surface area contributed by atoms with Crippen molar-refractivity contribution in [3.63, 3.8) is 0 Å². The Balaban J connectivity index is 1.34. The number of hydrogen-bond acceptors (Lipinski definition) is 7. The van der Waals surface area contributed by atoms with Crippen LogP contribution in [0.3, 0.4) is 0 Å². The molecule has 0 aliphatic heterocycles. The zero-order chi connectivity index (χ0) is 22.3. The number of carbonyl (C=O) groups is 1. The van der Waals surface area contributed by atoms with E-state index in [0.29, 0.717) is 30.1 Å². The van der Waals surface area contributed by atoms with Gasteiger partial charge in [-0.1, -0.05) is 30.3 Å². The van der Waals surface area contributed by atoms with E-state index in [9.17, 15) is 14.9 Å². The van der Waals surface area contributed by atoms with E-state index in [1.807, 2.05) is 18.2 Å². The molecule has 162 valence electrons. The lowest BCUT2D eigenvalue weighted by Gasteiger charge is -2.08. The van der Waals surface area contributed by atoms with E-state index in [-0.39, 0.29) is 11.6 Å². The summed E-state index contributed by atoms with van der Waals surface area (Å²) in [6.45, 7) is 1.47. The van der Waals surface area contributed by atoms with Gasteiger partial charge in [0.1, 0.15) is 12.1 Å². The Morgan fingerprint density at radius 2 is 1.81 bits per heavy atom. The third kappa shape index (κ3) is 4.86. The van der Waals surface area contributed by atoms with Crippen LogP contribution in [0.5, 0.6) is 0 Å². The average Bonchev–Trinajstić information content (AvgIpc) is 3.24. The summed E-state index contributed by atoms with van der Waals surface area (Å²) in [6.07, 6.45) is 4.06. The van der Waals surface area contributed by atoms with Crippen LogP contribution in [0.4, 0.5) is 11.5 Å². The summed E-state index contributed by atoms with van der Waals surface area (Å²) in [4.78, 5) is 31.1. The first-order chi connectivity index (χ1) is 15.6. The molecule has 0 atom stereocenters. The molecular formula is C22H21N7O3. The van der Waals surface area contributed by atoms with Gasteiger partial charge in [-0.2, -0.15) is 5.10 Å². The Labute approximate surface area is 183 Å². The Bertz CT molecular complexity index is 1220. The Morgan fingerprint density at radius 3 is 2.56 bits per heavy atom. The molecule has 0 aliphatic carbocycles. The molecule has 0 radical (unpaired) electrons. The number of nitro groups is 1. The highest BCUT2D eigenvalue weighted by molar-refractivity contribution is 5.94. The normalized spacial score (nSPS) is 10.8. The van der Waals surface area contributed by atoms with Crippen LogP contribution in [0, 0.1) is 10.1 Å². The van der Waals surface area contributed by atoms with Crippen LogP contribution in [0.1, 0.15) is 15.9 Å². The molecule has 2 N–H and O–H groups in total. The van der Waals surface area contributed by atoms with Gasteiger partial charge in [-0.15, -0.1) is 0 Å². The second kappa shape index (κ2) is 9.65. The number of hydrogen-bond donors (Lipinski definition) is 2. The molecule has 2 aromatic heterocycles. The van der Waals surface area contributed by atoms with Crippen LogP contribution >= 0.6 is 0 Å². The molecule has 32 heavy (non-hydrogen) atoms. The maximum atomic E-state index is 12.3. The Hall–Kier alpha value is -4.34. The highest BCUT2D eigenvalue weighted by Crippen LogP contribution is 2.18. The van der Waals surface area contributed by atoms with Crippen molar-refractivity contribution in [2.24, 2.45) is 0 Å². The summed E-state index contributed by atoms with van der Waals surface area (Å²) >= 11 is 0. The monoisotopic (exact) mass is 431 g/mol. The summed E-state index contributed by atoms with van der Waals surface area (Å²) in [5.41, 5.74) is 2.21. The Morgan fingerprint density at radius 1 is 1.03 bits per heavy atom. The third-order valence-electron chi connectivity index (χ3n) is 4.93. The standard InChI is InChI=1S/C22H21N7O3/c30-22(17-6-8-18(9-7-17)29(31)32)24-12-13-28-21-19(14-27-28)20(25-15-26-21)23-11-10-16-4-2-1-3-5-16/h1-9,14-15H,10-13H2,(H,24,30)(H,23,25,26). The molecule has 0 saturated carbocycles. The van der Waals surface area contributed by atoms with E-state index in [1.54, 1.807) is 10.9 Å². The second-order valence-electron chi connectivity index (χ2n) is 7.05. The number of non-ortho nitro benzene ring substituents is 1. The molecular weight excluding hydrogens is 410 g/mol. The summed E-state index contributed by atoms with van der Waals surface area (Å²) in [7, 11) is 0. The van der Waals surface area contributed by atoms with Gasteiger partial charge in [0.2, 0.25) is 0 Å². The number of anilines is 1. The van der Waals surface area contributed by atoms with Crippen LogP contribution in [0.2, 0.25) is 0 Å². The van der Waals surface area contributed by atoms with Crippen molar-refractivity contribution in [3.05, 3.63) is 88.4 Å². The molecule has 10 nitrogen and oxygen atoms in total. The number of nitrogens with one attached hydrogen (secondary N) is 2. The smallest absolute Gasteiger partial charge is 0.269 e. The van der Waals surface area contributed by atoms with Crippen molar-refractivity contribution in [1.29, 1.82) is 0 Å². The van der Waals surface area contributed by atoms with E-state index in [0.717, 1.165) is 18.4 Å². The number of aromatic nitrogens is 4. The van der Waals surface area contributed by atoms with Gasteiger partial charge in [-0.3, -0.25) is 14.9 Å². The van der Waals surface area contributed by atoms with E-state index < -0.39 is 4.92 Å². The van der Waals surface area contributed by atoms with Gasteiger partial charge in [0, 0.05) is 30.8 Å². The molecule has 0 aliphatic rings. The van der Waals surface area contributed by atoms with Gasteiger partial charge in [0.15, 0.2) is 5.65 Å². The molecule has 2 aromatic carbocycles.